The molecule has 1 aromatic carbocycles. The van der Waals surface area contributed by atoms with E-state index in [4.69, 9.17) is 0 Å². The molecule has 2 rings (SSSR count). The first kappa shape index (κ1) is 14.7. The molecule has 104 valence electrons. The summed E-state index contributed by atoms with van der Waals surface area (Å²) in [7, 11) is 0. The number of nitro benzene ring substituents is 1. The fourth-order valence-corrected chi connectivity index (χ4v) is 4.59. The van der Waals surface area contributed by atoms with Gasteiger partial charge in [-0.2, -0.15) is 23.5 Å². The smallest absolute Gasteiger partial charge is 0.269 e. The normalized spacial score (nSPS) is 21.0. The van der Waals surface area contributed by atoms with E-state index in [0.717, 1.165) is 12.1 Å². The minimum atomic E-state index is -0.363. The summed E-state index contributed by atoms with van der Waals surface area (Å²) in [5.41, 5.74) is 1.24. The van der Waals surface area contributed by atoms with Gasteiger partial charge in [-0.05, 0) is 12.5 Å². The van der Waals surface area contributed by atoms with Crippen LogP contribution in [-0.2, 0) is 0 Å². The number of nitrogens with one attached hydrogen (secondary N) is 1. The summed E-state index contributed by atoms with van der Waals surface area (Å²) in [6.07, 6.45) is 0. The number of nitrogens with zero attached hydrogens (tertiary/aromatic N) is 1. The Bertz CT molecular complexity index is 419. The van der Waals surface area contributed by atoms with Crippen molar-refractivity contribution < 1.29 is 4.92 Å². The first-order valence-corrected chi connectivity index (χ1v) is 8.54. The van der Waals surface area contributed by atoms with Gasteiger partial charge in [0.1, 0.15) is 0 Å². The van der Waals surface area contributed by atoms with Gasteiger partial charge in [0.2, 0.25) is 0 Å². The standard InChI is InChI=1S/C13H18N2O2S2/c1-10(14-8-13-9-18-6-7-19-13)11-2-4-12(5-3-11)15(16)17/h2-5,10,13-14H,6-9H2,1H3. The lowest BCUT2D eigenvalue weighted by molar-refractivity contribution is -0.384. The molecule has 1 aliphatic heterocycles. The van der Waals surface area contributed by atoms with Crippen molar-refractivity contribution in [1.82, 2.24) is 5.32 Å². The molecule has 0 spiro atoms. The largest absolute Gasteiger partial charge is 0.309 e. The number of hydrogen-bond acceptors (Lipinski definition) is 5. The number of thioether (sulfide) groups is 2. The third-order valence-electron chi connectivity index (χ3n) is 3.14. The Balaban J connectivity index is 1.84. The third-order valence-corrected chi connectivity index (χ3v) is 5.99. The fraction of sp³-hybridized carbons (Fsp3) is 0.538. The van der Waals surface area contributed by atoms with E-state index in [-0.39, 0.29) is 16.7 Å². The number of rotatable bonds is 5. The molecule has 1 saturated heterocycles. The van der Waals surface area contributed by atoms with Gasteiger partial charge in [0.05, 0.1) is 4.92 Å². The maximum atomic E-state index is 10.6. The van der Waals surface area contributed by atoms with Crippen LogP contribution in [-0.4, -0.2) is 34.0 Å². The van der Waals surface area contributed by atoms with Gasteiger partial charge >= 0.3 is 0 Å². The van der Waals surface area contributed by atoms with E-state index in [1.165, 1.54) is 17.3 Å². The molecular formula is C13H18N2O2S2. The molecule has 0 radical (unpaired) electrons. The molecule has 6 heteroatoms. The van der Waals surface area contributed by atoms with Crippen molar-refractivity contribution in [1.29, 1.82) is 0 Å². The van der Waals surface area contributed by atoms with Crippen LogP contribution in [0.15, 0.2) is 24.3 Å². The van der Waals surface area contributed by atoms with E-state index in [1.54, 1.807) is 12.1 Å². The highest BCUT2D eigenvalue weighted by molar-refractivity contribution is 8.06. The molecule has 19 heavy (non-hydrogen) atoms. The third kappa shape index (κ3) is 4.40. The summed E-state index contributed by atoms with van der Waals surface area (Å²) in [5, 5.41) is 14.8. The molecule has 1 aromatic rings. The Hall–Kier alpha value is -0.720. The first-order valence-electron chi connectivity index (χ1n) is 6.34. The molecular weight excluding hydrogens is 280 g/mol. The van der Waals surface area contributed by atoms with E-state index in [0.29, 0.717) is 5.25 Å². The molecule has 0 amide bonds. The van der Waals surface area contributed by atoms with Crippen molar-refractivity contribution in [2.45, 2.75) is 18.2 Å². The molecule has 0 bridgehead atoms. The zero-order chi connectivity index (χ0) is 13.7. The number of hydrogen-bond donors (Lipinski definition) is 1. The van der Waals surface area contributed by atoms with Gasteiger partial charge in [-0.3, -0.25) is 10.1 Å². The van der Waals surface area contributed by atoms with Gasteiger partial charge in [-0.25, -0.2) is 0 Å². The van der Waals surface area contributed by atoms with E-state index >= 15 is 0 Å². The molecule has 2 unspecified atom stereocenters. The predicted molar refractivity (Wildman–Crippen MR) is 83.1 cm³/mol. The molecule has 0 aliphatic carbocycles. The van der Waals surface area contributed by atoms with E-state index in [2.05, 4.69) is 12.2 Å². The van der Waals surface area contributed by atoms with Gasteiger partial charge < -0.3 is 5.32 Å². The first-order chi connectivity index (χ1) is 9.16. The van der Waals surface area contributed by atoms with Crippen LogP contribution >= 0.6 is 23.5 Å². The summed E-state index contributed by atoms with van der Waals surface area (Å²) >= 11 is 4.05. The second-order valence-corrected chi connectivity index (χ2v) is 7.10. The molecule has 1 heterocycles. The zero-order valence-electron chi connectivity index (χ0n) is 10.9. The van der Waals surface area contributed by atoms with Crippen LogP contribution < -0.4 is 5.32 Å². The Kier molecular flexibility index (Phi) is 5.54. The van der Waals surface area contributed by atoms with Crippen LogP contribution in [0.25, 0.3) is 0 Å². The highest BCUT2D eigenvalue weighted by Gasteiger charge is 2.15. The Morgan fingerprint density at radius 2 is 2.16 bits per heavy atom. The molecule has 1 N–H and O–H groups in total. The minimum absolute atomic E-state index is 0.148. The van der Waals surface area contributed by atoms with E-state index in [1.807, 2.05) is 35.7 Å². The summed E-state index contributed by atoms with van der Waals surface area (Å²) < 4.78 is 0. The maximum Gasteiger partial charge on any atom is 0.269 e. The van der Waals surface area contributed by atoms with Crippen molar-refractivity contribution in [2.75, 3.05) is 23.8 Å². The van der Waals surface area contributed by atoms with Crippen LogP contribution in [0.4, 0.5) is 5.69 Å². The second kappa shape index (κ2) is 7.17. The second-order valence-electron chi connectivity index (χ2n) is 4.55. The summed E-state index contributed by atoms with van der Waals surface area (Å²) in [4.78, 5) is 10.2. The summed E-state index contributed by atoms with van der Waals surface area (Å²) in [5.74, 6) is 3.71. The molecule has 2 atom stereocenters. The summed E-state index contributed by atoms with van der Waals surface area (Å²) in [6, 6.07) is 7.03. The van der Waals surface area contributed by atoms with Crippen LogP contribution in [0.1, 0.15) is 18.5 Å². The van der Waals surface area contributed by atoms with Crippen molar-refractivity contribution in [2.24, 2.45) is 0 Å². The number of non-ortho nitro benzene ring substituents is 1. The lowest BCUT2D eigenvalue weighted by Gasteiger charge is -2.23. The van der Waals surface area contributed by atoms with E-state index in [9.17, 15) is 10.1 Å². The quantitative estimate of drug-likeness (QED) is 0.668. The molecule has 1 fully saturated rings. The highest BCUT2D eigenvalue weighted by Crippen LogP contribution is 2.24. The Morgan fingerprint density at radius 1 is 1.42 bits per heavy atom. The maximum absolute atomic E-state index is 10.6. The topological polar surface area (TPSA) is 55.2 Å². The average Bonchev–Trinajstić information content (AvgIpc) is 2.46. The van der Waals surface area contributed by atoms with Crippen molar-refractivity contribution in [3.8, 4) is 0 Å². The van der Waals surface area contributed by atoms with Gasteiger partial charge in [0.25, 0.3) is 5.69 Å². The monoisotopic (exact) mass is 298 g/mol. The zero-order valence-corrected chi connectivity index (χ0v) is 12.5. The molecule has 1 aliphatic rings. The van der Waals surface area contributed by atoms with Crippen LogP contribution in [0.3, 0.4) is 0 Å². The number of benzene rings is 1. The number of nitro groups is 1. The van der Waals surface area contributed by atoms with Crippen LogP contribution in [0.5, 0.6) is 0 Å². The molecule has 4 nitrogen and oxygen atoms in total. The van der Waals surface area contributed by atoms with Gasteiger partial charge in [-0.15, -0.1) is 0 Å². The highest BCUT2D eigenvalue weighted by atomic mass is 32.2. The van der Waals surface area contributed by atoms with Gasteiger partial charge in [0.15, 0.2) is 0 Å². The SMILES string of the molecule is CC(NCC1CSCCS1)c1ccc([N+](=O)[O-])cc1. The van der Waals surface area contributed by atoms with Crippen LogP contribution in [0, 0.1) is 10.1 Å². The van der Waals surface area contributed by atoms with Crippen LogP contribution in [0.2, 0.25) is 0 Å². The van der Waals surface area contributed by atoms with Gasteiger partial charge in [-0.1, -0.05) is 12.1 Å². The van der Waals surface area contributed by atoms with Crippen molar-refractivity contribution >= 4 is 29.2 Å². The minimum Gasteiger partial charge on any atom is -0.309 e. The summed E-state index contributed by atoms with van der Waals surface area (Å²) in [6.45, 7) is 3.09. The lowest BCUT2D eigenvalue weighted by atomic mass is 10.1. The van der Waals surface area contributed by atoms with Crippen molar-refractivity contribution in [3.05, 3.63) is 39.9 Å². The predicted octanol–water partition coefficient (Wildman–Crippen LogP) is 3.09. The molecule has 0 aromatic heterocycles. The lowest BCUT2D eigenvalue weighted by Crippen LogP contribution is -2.30. The Labute approximate surface area is 121 Å². The Morgan fingerprint density at radius 3 is 2.74 bits per heavy atom. The average molecular weight is 298 g/mol. The van der Waals surface area contributed by atoms with Gasteiger partial charge in [0, 0.05) is 47.2 Å². The molecule has 0 saturated carbocycles. The fourth-order valence-electron chi connectivity index (χ4n) is 1.97. The van der Waals surface area contributed by atoms with E-state index < -0.39 is 0 Å². The van der Waals surface area contributed by atoms with Crippen molar-refractivity contribution in [3.63, 3.8) is 0 Å².